The van der Waals surface area contributed by atoms with Crippen LogP contribution in [0.3, 0.4) is 0 Å². The van der Waals surface area contributed by atoms with E-state index in [2.05, 4.69) is 0 Å². The Morgan fingerprint density at radius 2 is 1.71 bits per heavy atom. The lowest BCUT2D eigenvalue weighted by Crippen LogP contribution is -2.84. The van der Waals surface area contributed by atoms with Gasteiger partial charge in [0.2, 0.25) is 6.29 Å². The molecule has 2 aliphatic heterocycles. The summed E-state index contributed by atoms with van der Waals surface area (Å²) < 4.78 is 35.9. The van der Waals surface area contributed by atoms with Gasteiger partial charge in [-0.05, 0) is 43.7 Å². The number of carbonyl (C=O) groups excluding carboxylic acids is 4. The largest absolute Gasteiger partial charge is 0.472 e. The molecule has 1 aromatic heterocycles. The van der Waals surface area contributed by atoms with E-state index in [1.165, 1.54) is 13.2 Å². The third-order valence-corrected chi connectivity index (χ3v) is 13.9. The van der Waals surface area contributed by atoms with Crippen LogP contribution in [-0.2, 0) is 42.9 Å². The monoisotopic (exact) mass is 674 g/mol. The number of aliphatic hydroxyl groups excluding tert-OH is 3. The molecule has 6 fully saturated rings. The zero-order valence-corrected chi connectivity index (χ0v) is 28.3. The first-order valence-electron chi connectivity index (χ1n) is 16.9. The lowest BCUT2D eigenvalue weighted by Gasteiger charge is -2.73. The van der Waals surface area contributed by atoms with Gasteiger partial charge in [0.25, 0.3) is 0 Å². The smallest absolute Gasteiger partial charge is 0.310 e. The highest BCUT2D eigenvalue weighted by molar-refractivity contribution is 5.91. The number of rotatable bonds is 6. The van der Waals surface area contributed by atoms with Crippen LogP contribution in [-0.4, -0.2) is 94.1 Å². The van der Waals surface area contributed by atoms with E-state index in [9.17, 15) is 29.7 Å². The van der Waals surface area contributed by atoms with Crippen LogP contribution in [0, 0.1) is 39.4 Å². The van der Waals surface area contributed by atoms with Gasteiger partial charge in [-0.3, -0.25) is 19.2 Å². The zero-order valence-electron chi connectivity index (χ0n) is 28.3. The average Bonchev–Trinajstić information content (AvgIpc) is 3.39. The molecule has 0 amide bonds. The molecule has 4 unspecified atom stereocenters. The maximum absolute atomic E-state index is 15.0. The number of Topliss-reactive ketones (excluding diaryl/α,β-unsaturated/α-hetero) is 1. The number of fused-ring (bicyclic) bond motifs is 1. The van der Waals surface area contributed by atoms with Crippen molar-refractivity contribution in [2.75, 3.05) is 6.61 Å². The summed E-state index contributed by atoms with van der Waals surface area (Å²) in [4.78, 5) is 53.5. The van der Waals surface area contributed by atoms with E-state index in [1.807, 2.05) is 13.8 Å². The third kappa shape index (κ3) is 3.74. The second-order valence-corrected chi connectivity index (χ2v) is 15.7. The summed E-state index contributed by atoms with van der Waals surface area (Å²) in [6.07, 6.45) is -5.09. The zero-order chi connectivity index (χ0) is 34.9. The molecule has 0 aromatic carbocycles. The van der Waals surface area contributed by atoms with E-state index in [0.29, 0.717) is 12.8 Å². The average molecular weight is 675 g/mol. The number of carbonyl (C=O) groups is 4. The summed E-state index contributed by atoms with van der Waals surface area (Å²) in [5.74, 6) is -5.68. The molecule has 264 valence electrons. The normalized spacial score (nSPS) is 50.6. The van der Waals surface area contributed by atoms with Crippen molar-refractivity contribution in [1.82, 2.24) is 0 Å². The molecule has 3 N–H and O–H groups in total. The van der Waals surface area contributed by atoms with Crippen molar-refractivity contribution in [2.24, 2.45) is 39.4 Å². The first kappa shape index (κ1) is 33.6. The summed E-state index contributed by atoms with van der Waals surface area (Å²) in [7, 11) is 0. The Morgan fingerprint density at radius 1 is 1.02 bits per heavy atom. The molecule has 2 bridgehead atoms. The van der Waals surface area contributed by atoms with Gasteiger partial charge in [-0.2, -0.15) is 0 Å². The molecule has 0 radical (unpaired) electrons. The van der Waals surface area contributed by atoms with Crippen LogP contribution in [0.2, 0.25) is 0 Å². The second-order valence-electron chi connectivity index (χ2n) is 15.7. The van der Waals surface area contributed by atoms with Crippen molar-refractivity contribution in [3.8, 4) is 0 Å². The van der Waals surface area contributed by atoms with Crippen molar-refractivity contribution in [2.45, 2.75) is 122 Å². The maximum Gasteiger partial charge on any atom is 0.310 e. The highest BCUT2D eigenvalue weighted by Crippen LogP contribution is 2.82. The molecule has 2 saturated heterocycles. The molecular formula is C35H46O13. The topological polar surface area (TPSA) is 192 Å². The van der Waals surface area contributed by atoms with Gasteiger partial charge in [-0.1, -0.05) is 27.7 Å². The molecule has 7 rings (SSSR count). The van der Waals surface area contributed by atoms with E-state index in [1.54, 1.807) is 33.1 Å². The number of ether oxygens (including phenoxy) is 5. The molecule has 1 aromatic rings. The summed E-state index contributed by atoms with van der Waals surface area (Å²) in [6.45, 7) is 10.8. The van der Waals surface area contributed by atoms with Gasteiger partial charge >= 0.3 is 17.9 Å². The Bertz CT molecular complexity index is 1530. The first-order chi connectivity index (χ1) is 22.5. The molecule has 13 nitrogen and oxygen atoms in total. The molecule has 48 heavy (non-hydrogen) atoms. The lowest BCUT2D eigenvalue weighted by atomic mass is 9.33. The van der Waals surface area contributed by atoms with E-state index in [-0.39, 0.29) is 18.9 Å². The Labute approximate surface area is 278 Å². The molecular weight excluding hydrogens is 628 g/mol. The summed E-state index contributed by atoms with van der Waals surface area (Å²) >= 11 is 0. The maximum atomic E-state index is 15.0. The van der Waals surface area contributed by atoms with Crippen LogP contribution < -0.4 is 0 Å². The van der Waals surface area contributed by atoms with Crippen molar-refractivity contribution >= 4 is 23.7 Å². The number of hydrogen-bond acceptors (Lipinski definition) is 13. The number of esters is 3. The van der Waals surface area contributed by atoms with Crippen LogP contribution in [0.15, 0.2) is 23.0 Å². The predicted molar refractivity (Wildman–Crippen MR) is 161 cm³/mol. The van der Waals surface area contributed by atoms with Crippen LogP contribution >= 0.6 is 0 Å². The van der Waals surface area contributed by atoms with E-state index in [0.717, 1.165) is 12.5 Å². The van der Waals surface area contributed by atoms with Gasteiger partial charge in [0.05, 0.1) is 42.7 Å². The molecule has 4 aliphatic carbocycles. The van der Waals surface area contributed by atoms with Crippen molar-refractivity contribution < 1.29 is 62.6 Å². The summed E-state index contributed by atoms with van der Waals surface area (Å²) in [5, 5.41) is 37.2. The molecule has 16 atom stereocenters. The Morgan fingerprint density at radius 3 is 2.31 bits per heavy atom. The Balaban J connectivity index is 1.42. The molecule has 6 aliphatic rings. The number of hydrogen-bond donors (Lipinski definition) is 3. The Kier molecular flexibility index (Phi) is 7.42. The predicted octanol–water partition coefficient (Wildman–Crippen LogP) is 2.03. The minimum absolute atomic E-state index is 0.0283. The standard InChI is InChI=1S/C35H46O13/c1-8-15(2)29(42)47-30-31(5)20-12-21(38)33(7)25(34(20,14-44-30)27(41)24(45-16(3)36)28(31)46-17(4)37)23(39)26(40)32(6)19(18-9-10-43-13-18)11-22-35(32,33)48-22/h9-10,13,15,19-22,24-28,30,38,40-41H,8,11-12,14H2,1-7H3/t15?,19-,20?,21+,22+,24+,25?,26-,27-,28+,30?,31-,32+,33+,34+,35+/m0/s1. The second kappa shape index (κ2) is 10.6. The number of ketones is 1. The summed E-state index contributed by atoms with van der Waals surface area (Å²) in [5.41, 5.74) is -6.04. The van der Waals surface area contributed by atoms with Gasteiger partial charge in [0.15, 0.2) is 18.0 Å². The fourth-order valence-corrected chi connectivity index (χ4v) is 11.6. The highest BCUT2D eigenvalue weighted by atomic mass is 16.7. The van der Waals surface area contributed by atoms with Crippen LogP contribution in [0.4, 0.5) is 0 Å². The van der Waals surface area contributed by atoms with Gasteiger partial charge in [0.1, 0.15) is 17.8 Å². The van der Waals surface area contributed by atoms with E-state index in [4.69, 9.17) is 28.1 Å². The quantitative estimate of drug-likeness (QED) is 0.226. The molecule has 13 heteroatoms. The van der Waals surface area contributed by atoms with Gasteiger partial charge < -0.3 is 43.4 Å². The van der Waals surface area contributed by atoms with Gasteiger partial charge in [-0.25, -0.2) is 0 Å². The lowest BCUT2D eigenvalue weighted by molar-refractivity contribution is -0.391. The molecule has 4 saturated carbocycles. The highest BCUT2D eigenvalue weighted by Gasteiger charge is 2.92. The minimum Gasteiger partial charge on any atom is -0.472 e. The number of furan rings is 1. The van der Waals surface area contributed by atoms with Crippen LogP contribution in [0.1, 0.15) is 79.2 Å². The van der Waals surface area contributed by atoms with Crippen molar-refractivity contribution in [3.05, 3.63) is 24.2 Å². The van der Waals surface area contributed by atoms with Crippen LogP contribution in [0.5, 0.6) is 0 Å². The Hall–Kier alpha value is -2.84. The van der Waals surface area contributed by atoms with E-state index < -0.39 is 112 Å². The number of epoxide rings is 1. The van der Waals surface area contributed by atoms with Crippen molar-refractivity contribution in [1.29, 1.82) is 0 Å². The number of aliphatic hydroxyl groups is 3. The van der Waals surface area contributed by atoms with E-state index >= 15 is 4.79 Å². The first-order valence-corrected chi connectivity index (χ1v) is 16.9. The van der Waals surface area contributed by atoms with Crippen molar-refractivity contribution in [3.63, 3.8) is 0 Å². The summed E-state index contributed by atoms with van der Waals surface area (Å²) in [6, 6.07) is 1.80. The minimum atomic E-state index is -1.66. The van der Waals surface area contributed by atoms with Crippen LogP contribution in [0.25, 0.3) is 0 Å². The fraction of sp³-hybridized carbons (Fsp3) is 0.771. The molecule has 3 heterocycles. The fourth-order valence-electron chi connectivity index (χ4n) is 11.6. The molecule has 1 spiro atoms. The van der Waals surface area contributed by atoms with Gasteiger partial charge in [-0.15, -0.1) is 0 Å². The third-order valence-electron chi connectivity index (χ3n) is 13.9. The van der Waals surface area contributed by atoms with Gasteiger partial charge in [0, 0.05) is 41.9 Å². The SMILES string of the molecule is CCC(C)C(=O)OC1OC[C@@]23C(C[C@@H](O)[C@]4(C)C2C(=O)[C@H](O)[C@@]2(C)[C@H](c5ccoc5)C[C@H]5O[C@]524)[C@@]1(C)[C@H](OC(C)=O)[C@H](OC(C)=O)[C@@H]3O.